The number of ether oxygens (including phenoxy) is 1. The van der Waals surface area contributed by atoms with Crippen molar-refractivity contribution < 1.29 is 9.84 Å². The molecular weight excluding hydrogens is 238 g/mol. The Morgan fingerprint density at radius 3 is 2.74 bits per heavy atom. The summed E-state index contributed by atoms with van der Waals surface area (Å²) in [6, 6.07) is 11.1. The molecule has 1 unspecified atom stereocenters. The standard InChI is InChI=1S/C16H23NO2/c1-2-10-19-13-16(18)12-17(15-8-9-15)11-14-6-4-3-5-7-14/h2-7,15-16,18H,1,8-13H2. The number of rotatable bonds is 9. The molecule has 0 saturated heterocycles. The predicted molar refractivity (Wildman–Crippen MR) is 76.9 cm³/mol. The van der Waals surface area contributed by atoms with Crippen LogP contribution in [0.5, 0.6) is 0 Å². The molecule has 0 amide bonds. The monoisotopic (exact) mass is 261 g/mol. The van der Waals surface area contributed by atoms with E-state index in [4.69, 9.17) is 4.74 Å². The van der Waals surface area contributed by atoms with Crippen LogP contribution in [0.2, 0.25) is 0 Å². The maximum Gasteiger partial charge on any atom is 0.0900 e. The second kappa shape index (κ2) is 7.43. The van der Waals surface area contributed by atoms with Crippen molar-refractivity contribution in [1.82, 2.24) is 4.90 Å². The van der Waals surface area contributed by atoms with Crippen LogP contribution in [0.3, 0.4) is 0 Å². The number of nitrogens with zero attached hydrogens (tertiary/aromatic N) is 1. The number of hydrogen-bond donors (Lipinski definition) is 1. The van der Waals surface area contributed by atoms with E-state index >= 15 is 0 Å². The Morgan fingerprint density at radius 2 is 2.11 bits per heavy atom. The highest BCUT2D eigenvalue weighted by Gasteiger charge is 2.30. The van der Waals surface area contributed by atoms with Gasteiger partial charge in [0.05, 0.1) is 19.3 Å². The van der Waals surface area contributed by atoms with Gasteiger partial charge < -0.3 is 9.84 Å². The fourth-order valence-electron chi connectivity index (χ4n) is 2.21. The highest BCUT2D eigenvalue weighted by atomic mass is 16.5. The second-order valence-electron chi connectivity index (χ2n) is 5.13. The summed E-state index contributed by atoms with van der Waals surface area (Å²) in [5.41, 5.74) is 1.30. The molecule has 0 aromatic heterocycles. The molecule has 0 aliphatic heterocycles. The van der Waals surface area contributed by atoms with Crippen LogP contribution < -0.4 is 0 Å². The van der Waals surface area contributed by atoms with E-state index in [1.807, 2.05) is 6.07 Å². The fraction of sp³-hybridized carbons (Fsp3) is 0.500. The van der Waals surface area contributed by atoms with Crippen LogP contribution in [-0.4, -0.2) is 41.9 Å². The summed E-state index contributed by atoms with van der Waals surface area (Å²) >= 11 is 0. The minimum absolute atomic E-state index is 0.379. The van der Waals surface area contributed by atoms with Crippen LogP contribution in [0.4, 0.5) is 0 Å². The van der Waals surface area contributed by atoms with Gasteiger partial charge in [-0.25, -0.2) is 0 Å². The van der Waals surface area contributed by atoms with E-state index in [0.29, 0.717) is 25.8 Å². The lowest BCUT2D eigenvalue weighted by Crippen LogP contribution is -2.36. The molecule has 1 saturated carbocycles. The molecule has 3 heteroatoms. The van der Waals surface area contributed by atoms with Crippen LogP contribution in [0.1, 0.15) is 18.4 Å². The van der Waals surface area contributed by atoms with E-state index < -0.39 is 6.10 Å². The first kappa shape index (κ1) is 14.3. The topological polar surface area (TPSA) is 32.7 Å². The molecule has 1 N–H and O–H groups in total. The molecule has 1 aliphatic rings. The lowest BCUT2D eigenvalue weighted by molar-refractivity contribution is 0.0228. The van der Waals surface area contributed by atoms with E-state index in [2.05, 4.69) is 35.7 Å². The molecule has 0 radical (unpaired) electrons. The van der Waals surface area contributed by atoms with Crippen LogP contribution in [0.15, 0.2) is 43.0 Å². The van der Waals surface area contributed by atoms with Gasteiger partial charge in [-0.05, 0) is 18.4 Å². The van der Waals surface area contributed by atoms with Gasteiger partial charge in [0.2, 0.25) is 0 Å². The third-order valence-corrected chi connectivity index (χ3v) is 3.28. The first-order valence-corrected chi connectivity index (χ1v) is 6.94. The zero-order valence-corrected chi connectivity index (χ0v) is 11.4. The molecule has 0 heterocycles. The summed E-state index contributed by atoms with van der Waals surface area (Å²) < 4.78 is 5.30. The van der Waals surface area contributed by atoms with Crippen molar-refractivity contribution in [3.8, 4) is 0 Å². The molecule has 104 valence electrons. The van der Waals surface area contributed by atoms with Gasteiger partial charge in [0.15, 0.2) is 0 Å². The molecule has 1 atom stereocenters. The van der Waals surface area contributed by atoms with Crippen LogP contribution >= 0.6 is 0 Å². The number of hydrogen-bond acceptors (Lipinski definition) is 3. The van der Waals surface area contributed by atoms with Crippen molar-refractivity contribution in [3.63, 3.8) is 0 Å². The van der Waals surface area contributed by atoms with Crippen LogP contribution in [0, 0.1) is 0 Å². The van der Waals surface area contributed by atoms with E-state index in [1.54, 1.807) is 6.08 Å². The van der Waals surface area contributed by atoms with E-state index in [0.717, 1.165) is 6.54 Å². The summed E-state index contributed by atoms with van der Waals surface area (Å²) in [5, 5.41) is 10.00. The summed E-state index contributed by atoms with van der Waals surface area (Å²) in [7, 11) is 0. The Kier molecular flexibility index (Phi) is 5.58. The quantitative estimate of drug-likeness (QED) is 0.546. The minimum Gasteiger partial charge on any atom is -0.389 e. The van der Waals surface area contributed by atoms with Gasteiger partial charge in [0.1, 0.15) is 0 Å². The number of aliphatic hydroxyl groups excluding tert-OH is 1. The molecular formula is C16H23NO2. The van der Waals surface area contributed by atoms with Crippen molar-refractivity contribution in [2.75, 3.05) is 19.8 Å². The highest BCUT2D eigenvalue weighted by molar-refractivity contribution is 5.15. The van der Waals surface area contributed by atoms with Crippen molar-refractivity contribution in [3.05, 3.63) is 48.6 Å². The van der Waals surface area contributed by atoms with Crippen molar-refractivity contribution >= 4 is 0 Å². The first-order valence-electron chi connectivity index (χ1n) is 6.94. The SMILES string of the molecule is C=CCOCC(O)CN(Cc1ccccc1)C1CC1. The van der Waals surface area contributed by atoms with Crippen LogP contribution in [0.25, 0.3) is 0 Å². The van der Waals surface area contributed by atoms with E-state index in [1.165, 1.54) is 18.4 Å². The van der Waals surface area contributed by atoms with Crippen molar-refractivity contribution in [2.45, 2.75) is 31.5 Å². The lowest BCUT2D eigenvalue weighted by atomic mass is 10.2. The van der Waals surface area contributed by atoms with Gasteiger partial charge in [0, 0.05) is 19.1 Å². The summed E-state index contributed by atoms with van der Waals surface area (Å²) in [6.07, 6.45) is 3.76. The third kappa shape index (κ3) is 5.15. The maximum absolute atomic E-state index is 10.00. The Hall–Kier alpha value is -1.16. The van der Waals surface area contributed by atoms with Crippen molar-refractivity contribution in [2.24, 2.45) is 0 Å². The Labute approximate surface area is 115 Å². The minimum atomic E-state index is -0.427. The Morgan fingerprint density at radius 1 is 1.37 bits per heavy atom. The number of benzene rings is 1. The van der Waals surface area contributed by atoms with Gasteiger partial charge in [0.25, 0.3) is 0 Å². The Balaban J connectivity index is 1.81. The normalized spacial score (nSPS) is 16.5. The Bertz CT molecular complexity index is 376. The fourth-order valence-corrected chi connectivity index (χ4v) is 2.21. The molecule has 2 rings (SSSR count). The first-order chi connectivity index (χ1) is 9.29. The molecule has 19 heavy (non-hydrogen) atoms. The second-order valence-corrected chi connectivity index (χ2v) is 5.13. The smallest absolute Gasteiger partial charge is 0.0900 e. The molecule has 1 aromatic rings. The maximum atomic E-state index is 10.00. The average molecular weight is 261 g/mol. The molecule has 0 spiro atoms. The van der Waals surface area contributed by atoms with Gasteiger partial charge in [-0.3, -0.25) is 4.90 Å². The van der Waals surface area contributed by atoms with Crippen LogP contribution in [-0.2, 0) is 11.3 Å². The third-order valence-electron chi connectivity index (χ3n) is 3.28. The molecule has 0 bridgehead atoms. The average Bonchev–Trinajstić information content (AvgIpc) is 3.24. The van der Waals surface area contributed by atoms with E-state index in [-0.39, 0.29) is 0 Å². The molecule has 1 aliphatic carbocycles. The van der Waals surface area contributed by atoms with E-state index in [9.17, 15) is 5.11 Å². The largest absolute Gasteiger partial charge is 0.389 e. The highest BCUT2D eigenvalue weighted by Crippen LogP contribution is 2.28. The molecule has 1 fully saturated rings. The zero-order valence-electron chi connectivity index (χ0n) is 11.4. The number of aliphatic hydroxyl groups is 1. The zero-order chi connectivity index (χ0) is 13.5. The predicted octanol–water partition coefficient (Wildman–Crippen LogP) is 2.21. The summed E-state index contributed by atoms with van der Waals surface area (Å²) in [6.45, 7) is 6.06. The van der Waals surface area contributed by atoms with Crippen molar-refractivity contribution in [1.29, 1.82) is 0 Å². The summed E-state index contributed by atoms with van der Waals surface area (Å²) in [5.74, 6) is 0. The van der Waals surface area contributed by atoms with Gasteiger partial charge >= 0.3 is 0 Å². The van der Waals surface area contributed by atoms with Gasteiger partial charge in [-0.15, -0.1) is 6.58 Å². The molecule has 1 aromatic carbocycles. The van der Waals surface area contributed by atoms with Gasteiger partial charge in [-0.1, -0.05) is 36.4 Å². The summed E-state index contributed by atoms with van der Waals surface area (Å²) in [4.78, 5) is 2.36. The van der Waals surface area contributed by atoms with Gasteiger partial charge in [-0.2, -0.15) is 0 Å². The molecule has 3 nitrogen and oxygen atoms in total. The lowest BCUT2D eigenvalue weighted by Gasteiger charge is -2.25.